The Labute approximate surface area is 105 Å². The van der Waals surface area contributed by atoms with Crippen LogP contribution in [-0.2, 0) is 6.42 Å². The number of rotatable bonds is 4. The Morgan fingerprint density at radius 3 is 2.61 bits per heavy atom. The van der Waals surface area contributed by atoms with Gasteiger partial charge in [-0.2, -0.15) is 0 Å². The van der Waals surface area contributed by atoms with E-state index in [4.69, 9.17) is 5.73 Å². The largest absolute Gasteiger partial charge is 0.508 e. The van der Waals surface area contributed by atoms with Crippen molar-refractivity contribution in [2.45, 2.75) is 19.8 Å². The molecule has 5 heteroatoms. The van der Waals surface area contributed by atoms with Gasteiger partial charge in [0.05, 0.1) is 5.69 Å². The molecule has 0 aliphatic rings. The predicted octanol–water partition coefficient (Wildman–Crippen LogP) is 1.07. The number of aromatic amines is 1. The van der Waals surface area contributed by atoms with Crippen molar-refractivity contribution in [1.82, 2.24) is 9.78 Å². The summed E-state index contributed by atoms with van der Waals surface area (Å²) in [5.41, 5.74) is 7.76. The average molecular weight is 247 g/mol. The third-order valence-corrected chi connectivity index (χ3v) is 2.93. The van der Waals surface area contributed by atoms with Crippen molar-refractivity contribution in [2.75, 3.05) is 6.54 Å². The number of aromatic hydroxyl groups is 1. The Morgan fingerprint density at radius 2 is 2.00 bits per heavy atom. The number of phenolic OH excluding ortho intramolecular Hbond substituents is 1. The molecule has 2 aromatic rings. The zero-order chi connectivity index (χ0) is 13.1. The Balaban J connectivity index is 2.40. The first-order valence-electron chi connectivity index (χ1n) is 5.93. The predicted molar refractivity (Wildman–Crippen MR) is 70.2 cm³/mol. The lowest BCUT2D eigenvalue weighted by Crippen LogP contribution is -2.17. The van der Waals surface area contributed by atoms with Crippen molar-refractivity contribution < 1.29 is 5.11 Å². The molecule has 1 heterocycles. The second kappa shape index (κ2) is 5.10. The van der Waals surface area contributed by atoms with Gasteiger partial charge in [0.15, 0.2) is 0 Å². The minimum Gasteiger partial charge on any atom is -0.508 e. The monoisotopic (exact) mass is 247 g/mol. The molecule has 0 saturated carbocycles. The van der Waals surface area contributed by atoms with Crippen LogP contribution in [0.4, 0.5) is 0 Å². The van der Waals surface area contributed by atoms with Crippen LogP contribution in [0.1, 0.15) is 17.7 Å². The molecule has 0 saturated heterocycles. The lowest BCUT2D eigenvalue weighted by atomic mass is 10.1. The first-order valence-corrected chi connectivity index (χ1v) is 5.93. The molecule has 0 bridgehead atoms. The molecule has 0 aliphatic heterocycles. The van der Waals surface area contributed by atoms with Crippen molar-refractivity contribution in [3.63, 3.8) is 0 Å². The number of aryl methyl sites for hydroxylation is 1. The minimum atomic E-state index is -0.0494. The van der Waals surface area contributed by atoms with Crippen molar-refractivity contribution in [3.05, 3.63) is 45.9 Å². The Kier molecular flexibility index (Phi) is 3.53. The van der Waals surface area contributed by atoms with E-state index < -0.39 is 0 Å². The number of nitrogens with two attached hydrogens (primary N) is 1. The molecule has 0 unspecified atom stereocenters. The van der Waals surface area contributed by atoms with E-state index >= 15 is 0 Å². The summed E-state index contributed by atoms with van der Waals surface area (Å²) in [4.78, 5) is 12.2. The summed E-state index contributed by atoms with van der Waals surface area (Å²) in [5, 5.41) is 12.3. The van der Waals surface area contributed by atoms with Crippen LogP contribution < -0.4 is 11.3 Å². The number of nitrogens with zero attached hydrogens (tertiary/aromatic N) is 1. The van der Waals surface area contributed by atoms with Gasteiger partial charge in [-0.25, -0.2) is 4.68 Å². The minimum absolute atomic E-state index is 0.0494. The van der Waals surface area contributed by atoms with Crippen molar-refractivity contribution >= 4 is 0 Å². The summed E-state index contributed by atoms with van der Waals surface area (Å²) in [7, 11) is 0. The van der Waals surface area contributed by atoms with Crippen LogP contribution in [0.3, 0.4) is 0 Å². The maximum Gasteiger partial charge on any atom is 0.274 e. The smallest absolute Gasteiger partial charge is 0.274 e. The molecular weight excluding hydrogens is 230 g/mol. The second-order valence-corrected chi connectivity index (χ2v) is 4.26. The lowest BCUT2D eigenvalue weighted by Gasteiger charge is -2.01. The van der Waals surface area contributed by atoms with E-state index in [0.29, 0.717) is 18.7 Å². The van der Waals surface area contributed by atoms with Gasteiger partial charge in [0.1, 0.15) is 5.75 Å². The van der Waals surface area contributed by atoms with Crippen LogP contribution in [0.25, 0.3) is 5.69 Å². The first-order chi connectivity index (χ1) is 8.63. The van der Waals surface area contributed by atoms with Crippen molar-refractivity contribution in [3.8, 4) is 11.4 Å². The van der Waals surface area contributed by atoms with Gasteiger partial charge in [0, 0.05) is 11.3 Å². The molecule has 0 spiro atoms. The van der Waals surface area contributed by atoms with Crippen LogP contribution in [0.15, 0.2) is 29.1 Å². The molecule has 1 aromatic heterocycles. The molecule has 0 radical (unpaired) electrons. The Hall–Kier alpha value is -2.01. The summed E-state index contributed by atoms with van der Waals surface area (Å²) in [6.07, 6.45) is 1.48. The van der Waals surface area contributed by atoms with Crippen LogP contribution in [-0.4, -0.2) is 21.4 Å². The highest BCUT2D eigenvalue weighted by atomic mass is 16.3. The van der Waals surface area contributed by atoms with Gasteiger partial charge in [0.2, 0.25) is 0 Å². The molecule has 4 N–H and O–H groups in total. The van der Waals surface area contributed by atoms with Crippen LogP contribution in [0.2, 0.25) is 0 Å². The number of phenols is 1. The Morgan fingerprint density at radius 1 is 1.33 bits per heavy atom. The zero-order valence-electron chi connectivity index (χ0n) is 10.3. The van der Waals surface area contributed by atoms with E-state index in [2.05, 4.69) is 5.10 Å². The van der Waals surface area contributed by atoms with Crippen molar-refractivity contribution in [1.29, 1.82) is 0 Å². The first kappa shape index (κ1) is 12.4. The highest BCUT2D eigenvalue weighted by Crippen LogP contribution is 2.13. The van der Waals surface area contributed by atoms with Gasteiger partial charge in [-0.3, -0.25) is 9.89 Å². The fourth-order valence-corrected chi connectivity index (χ4v) is 1.94. The SMILES string of the molecule is Cc1[nH]n(-c2ccc(O)cc2)c(=O)c1CCCN. The molecule has 1 aromatic carbocycles. The highest BCUT2D eigenvalue weighted by molar-refractivity contribution is 5.37. The van der Waals surface area contributed by atoms with E-state index in [0.717, 1.165) is 17.7 Å². The van der Waals surface area contributed by atoms with Gasteiger partial charge < -0.3 is 10.8 Å². The normalized spacial score (nSPS) is 10.8. The van der Waals surface area contributed by atoms with Crippen LogP contribution >= 0.6 is 0 Å². The van der Waals surface area contributed by atoms with Crippen LogP contribution in [0, 0.1) is 6.92 Å². The van der Waals surface area contributed by atoms with Gasteiger partial charge in [0.25, 0.3) is 5.56 Å². The summed E-state index contributed by atoms with van der Waals surface area (Å²) in [6.45, 7) is 2.45. The third-order valence-electron chi connectivity index (χ3n) is 2.93. The second-order valence-electron chi connectivity index (χ2n) is 4.26. The molecular formula is C13H17N3O2. The standard InChI is InChI=1S/C13H17N3O2/c1-9-12(3-2-8-14)13(18)16(15-9)10-4-6-11(17)7-5-10/h4-7,15,17H,2-3,8,14H2,1H3. The topological polar surface area (TPSA) is 84.0 Å². The fourth-order valence-electron chi connectivity index (χ4n) is 1.94. The quantitative estimate of drug-likeness (QED) is 0.755. The number of H-pyrrole nitrogens is 1. The summed E-state index contributed by atoms with van der Waals surface area (Å²) in [6, 6.07) is 6.49. The third kappa shape index (κ3) is 2.31. The number of hydrogen-bond donors (Lipinski definition) is 3. The summed E-state index contributed by atoms with van der Waals surface area (Å²) >= 11 is 0. The zero-order valence-corrected chi connectivity index (χ0v) is 10.3. The summed E-state index contributed by atoms with van der Waals surface area (Å²) < 4.78 is 1.49. The van der Waals surface area contributed by atoms with E-state index in [-0.39, 0.29) is 11.3 Å². The van der Waals surface area contributed by atoms with Crippen LogP contribution in [0.5, 0.6) is 5.75 Å². The highest BCUT2D eigenvalue weighted by Gasteiger charge is 2.11. The molecule has 0 atom stereocenters. The number of benzene rings is 1. The molecule has 0 amide bonds. The fraction of sp³-hybridized carbons (Fsp3) is 0.308. The average Bonchev–Trinajstić information content (AvgIpc) is 2.64. The number of nitrogens with one attached hydrogen (secondary N) is 1. The van der Waals surface area contributed by atoms with E-state index in [1.54, 1.807) is 24.3 Å². The van der Waals surface area contributed by atoms with Gasteiger partial charge in [-0.1, -0.05) is 0 Å². The van der Waals surface area contributed by atoms with Crippen molar-refractivity contribution in [2.24, 2.45) is 5.73 Å². The lowest BCUT2D eigenvalue weighted by molar-refractivity contribution is 0.475. The molecule has 18 heavy (non-hydrogen) atoms. The van der Waals surface area contributed by atoms with E-state index in [1.807, 2.05) is 6.92 Å². The maximum absolute atomic E-state index is 12.2. The van der Waals surface area contributed by atoms with E-state index in [9.17, 15) is 9.90 Å². The number of aromatic nitrogens is 2. The summed E-state index contributed by atoms with van der Waals surface area (Å²) in [5.74, 6) is 0.179. The molecule has 5 nitrogen and oxygen atoms in total. The molecule has 0 aliphatic carbocycles. The molecule has 0 fully saturated rings. The van der Waals surface area contributed by atoms with Gasteiger partial charge in [-0.05, 0) is 50.6 Å². The molecule has 96 valence electrons. The van der Waals surface area contributed by atoms with Gasteiger partial charge >= 0.3 is 0 Å². The molecule has 2 rings (SSSR count). The van der Waals surface area contributed by atoms with Gasteiger partial charge in [-0.15, -0.1) is 0 Å². The maximum atomic E-state index is 12.2. The number of hydrogen-bond acceptors (Lipinski definition) is 3. The Bertz CT molecular complexity index is 581. The van der Waals surface area contributed by atoms with E-state index in [1.165, 1.54) is 4.68 Å².